The number of nitrogens with one attached hydrogen (secondary N) is 1. The Kier molecular flexibility index (Phi) is 4.01. The van der Waals surface area contributed by atoms with Crippen molar-refractivity contribution in [2.75, 3.05) is 12.4 Å². The van der Waals surface area contributed by atoms with Gasteiger partial charge < -0.3 is 5.32 Å². The van der Waals surface area contributed by atoms with Crippen molar-refractivity contribution < 1.29 is 0 Å². The summed E-state index contributed by atoms with van der Waals surface area (Å²) in [5, 5.41) is 7.45. The summed E-state index contributed by atoms with van der Waals surface area (Å²) in [4.78, 5) is 21.2. The zero-order valence-corrected chi connectivity index (χ0v) is 12.9. The molecule has 1 N–H and O–H groups in total. The summed E-state index contributed by atoms with van der Waals surface area (Å²) < 4.78 is 6.51. The number of nitrogens with zero attached hydrogens (tertiary/aromatic N) is 8. The zero-order valence-electron chi connectivity index (χ0n) is 11.3. The number of aryl methyl sites for hydroxylation is 1. The summed E-state index contributed by atoms with van der Waals surface area (Å²) >= 11 is 2.68. The van der Waals surface area contributed by atoms with Crippen molar-refractivity contribution in [3.8, 4) is 5.95 Å². The van der Waals surface area contributed by atoms with Crippen LogP contribution >= 0.6 is 23.3 Å². The average Bonchev–Trinajstić information content (AvgIpc) is 3.18. The van der Waals surface area contributed by atoms with Crippen LogP contribution in [0.1, 0.15) is 12.7 Å². The maximum absolute atomic E-state index is 4.39. The Bertz CT molecular complexity index is 724. The molecule has 21 heavy (non-hydrogen) atoms. The van der Waals surface area contributed by atoms with Crippen molar-refractivity contribution in [1.29, 1.82) is 0 Å². The molecule has 0 aromatic carbocycles. The van der Waals surface area contributed by atoms with Crippen LogP contribution < -0.4 is 5.32 Å². The monoisotopic (exact) mass is 321 g/mol. The molecule has 0 saturated heterocycles. The van der Waals surface area contributed by atoms with Gasteiger partial charge in [0.05, 0.1) is 0 Å². The van der Waals surface area contributed by atoms with E-state index in [1.807, 2.05) is 6.92 Å². The van der Waals surface area contributed by atoms with Crippen LogP contribution in [0.4, 0.5) is 5.95 Å². The van der Waals surface area contributed by atoms with Crippen molar-refractivity contribution in [2.45, 2.75) is 22.8 Å². The fourth-order valence-electron chi connectivity index (χ4n) is 1.42. The summed E-state index contributed by atoms with van der Waals surface area (Å²) in [6.45, 7) is 2.02. The first kappa shape index (κ1) is 13.8. The lowest BCUT2D eigenvalue weighted by Crippen LogP contribution is -2.07. The Morgan fingerprint density at radius 2 is 2.19 bits per heavy atom. The van der Waals surface area contributed by atoms with Crippen molar-refractivity contribution in [3.05, 3.63) is 18.5 Å². The van der Waals surface area contributed by atoms with Crippen LogP contribution in [0.15, 0.2) is 22.2 Å². The molecule has 0 fully saturated rings. The van der Waals surface area contributed by atoms with Gasteiger partial charge in [-0.25, -0.2) is 9.97 Å². The molecular weight excluding hydrogens is 310 g/mol. The third-order valence-electron chi connectivity index (χ3n) is 2.39. The minimum atomic E-state index is 0.398. The first-order valence-corrected chi connectivity index (χ1v) is 7.66. The molecule has 0 aliphatic heterocycles. The Hall–Kier alpha value is -2.14. The number of aromatic nitrogens is 8. The maximum atomic E-state index is 4.39. The Labute approximate surface area is 128 Å². The second kappa shape index (κ2) is 6.10. The standard InChI is InChI=1S/C10H11N9S2/c1-3-6-14-10(21-18-6)20-9-16-7(11-2)15-8(17-9)19-5-12-4-13-19/h4-5H,3H2,1-2H3,(H,11,15,16,17). The highest BCUT2D eigenvalue weighted by molar-refractivity contribution is 8.00. The smallest absolute Gasteiger partial charge is 0.257 e. The van der Waals surface area contributed by atoms with E-state index in [-0.39, 0.29) is 0 Å². The van der Waals surface area contributed by atoms with E-state index in [1.54, 1.807) is 7.05 Å². The van der Waals surface area contributed by atoms with Gasteiger partial charge in [-0.2, -0.15) is 29.1 Å². The Morgan fingerprint density at radius 1 is 1.29 bits per heavy atom. The van der Waals surface area contributed by atoms with Crippen LogP contribution in [0, 0.1) is 0 Å². The van der Waals surface area contributed by atoms with Gasteiger partial charge in [-0.15, -0.1) is 0 Å². The molecule has 0 bridgehead atoms. The maximum Gasteiger partial charge on any atom is 0.257 e. The molecular formula is C10H11N9S2. The van der Waals surface area contributed by atoms with Crippen molar-refractivity contribution in [2.24, 2.45) is 0 Å². The molecule has 0 saturated carbocycles. The van der Waals surface area contributed by atoms with E-state index in [0.717, 1.165) is 16.6 Å². The quantitative estimate of drug-likeness (QED) is 0.738. The molecule has 108 valence electrons. The minimum absolute atomic E-state index is 0.398. The van der Waals surface area contributed by atoms with Gasteiger partial charge in [-0.1, -0.05) is 6.92 Å². The highest BCUT2D eigenvalue weighted by Gasteiger charge is 2.12. The van der Waals surface area contributed by atoms with E-state index in [4.69, 9.17) is 0 Å². The molecule has 3 aromatic rings. The third kappa shape index (κ3) is 3.13. The number of hydrogen-bond acceptors (Lipinski definition) is 10. The predicted molar refractivity (Wildman–Crippen MR) is 77.7 cm³/mol. The van der Waals surface area contributed by atoms with Crippen LogP contribution in [0.25, 0.3) is 5.95 Å². The summed E-state index contributed by atoms with van der Waals surface area (Å²) in [7, 11) is 1.75. The molecule has 0 unspecified atom stereocenters. The van der Waals surface area contributed by atoms with E-state index >= 15 is 0 Å². The average molecular weight is 321 g/mol. The van der Waals surface area contributed by atoms with Gasteiger partial charge in [-0.05, 0) is 23.3 Å². The lowest BCUT2D eigenvalue weighted by atomic mass is 10.5. The zero-order chi connectivity index (χ0) is 14.7. The van der Waals surface area contributed by atoms with Crippen molar-refractivity contribution in [1.82, 2.24) is 39.1 Å². The summed E-state index contributed by atoms with van der Waals surface area (Å²) in [6.07, 6.45) is 3.76. The number of rotatable bonds is 5. The summed E-state index contributed by atoms with van der Waals surface area (Å²) in [5.41, 5.74) is 0. The molecule has 0 atom stereocenters. The number of anilines is 1. The minimum Gasteiger partial charge on any atom is -0.357 e. The molecule has 3 rings (SSSR count). The predicted octanol–water partition coefficient (Wildman–Crippen LogP) is 1.06. The lowest BCUT2D eigenvalue weighted by molar-refractivity contribution is 0.761. The lowest BCUT2D eigenvalue weighted by Gasteiger charge is -2.04. The fraction of sp³-hybridized carbons (Fsp3) is 0.300. The first-order valence-electron chi connectivity index (χ1n) is 6.07. The SMILES string of the molecule is CCc1nsc(Sc2nc(NC)nc(-n3cncn3)n2)n1. The number of hydrogen-bond donors (Lipinski definition) is 1. The first-order chi connectivity index (χ1) is 10.3. The molecule has 9 nitrogen and oxygen atoms in total. The van der Waals surface area contributed by atoms with Gasteiger partial charge in [0.2, 0.25) is 11.1 Å². The topological polar surface area (TPSA) is 107 Å². The Balaban J connectivity index is 1.92. The van der Waals surface area contributed by atoms with Crippen LogP contribution in [0.3, 0.4) is 0 Å². The molecule has 0 spiro atoms. The van der Waals surface area contributed by atoms with Gasteiger partial charge in [0.15, 0.2) is 4.34 Å². The van der Waals surface area contributed by atoms with Gasteiger partial charge >= 0.3 is 0 Å². The molecule has 0 aliphatic carbocycles. The molecule has 0 aliphatic rings. The van der Waals surface area contributed by atoms with E-state index in [2.05, 4.69) is 39.7 Å². The second-order valence-electron chi connectivity index (χ2n) is 3.76. The van der Waals surface area contributed by atoms with Gasteiger partial charge in [0, 0.05) is 13.5 Å². The molecule has 11 heteroatoms. The Morgan fingerprint density at radius 3 is 2.86 bits per heavy atom. The highest BCUT2D eigenvalue weighted by Crippen LogP contribution is 2.27. The summed E-state index contributed by atoms with van der Waals surface area (Å²) in [5.74, 6) is 1.68. The van der Waals surface area contributed by atoms with Crippen LogP contribution in [0.2, 0.25) is 0 Å². The van der Waals surface area contributed by atoms with Crippen molar-refractivity contribution in [3.63, 3.8) is 0 Å². The van der Waals surface area contributed by atoms with Crippen LogP contribution in [0.5, 0.6) is 0 Å². The van der Waals surface area contributed by atoms with Crippen molar-refractivity contribution >= 4 is 29.2 Å². The molecule has 3 aromatic heterocycles. The fourth-order valence-corrected chi connectivity index (χ4v) is 2.97. The largest absolute Gasteiger partial charge is 0.357 e. The third-order valence-corrected chi connectivity index (χ3v) is 4.05. The highest BCUT2D eigenvalue weighted by atomic mass is 32.2. The van der Waals surface area contributed by atoms with Gasteiger partial charge in [0.1, 0.15) is 18.5 Å². The molecule has 3 heterocycles. The molecule has 0 amide bonds. The molecule has 0 radical (unpaired) electrons. The van der Waals surface area contributed by atoms with E-state index in [1.165, 1.54) is 40.6 Å². The van der Waals surface area contributed by atoms with Gasteiger partial charge in [0.25, 0.3) is 5.95 Å². The summed E-state index contributed by atoms with van der Waals surface area (Å²) in [6, 6.07) is 0. The van der Waals surface area contributed by atoms with Crippen LogP contribution in [-0.2, 0) is 6.42 Å². The van der Waals surface area contributed by atoms with Crippen LogP contribution in [-0.4, -0.2) is 46.1 Å². The van der Waals surface area contributed by atoms with Gasteiger partial charge in [-0.3, -0.25) is 0 Å². The van der Waals surface area contributed by atoms with E-state index in [9.17, 15) is 0 Å². The van der Waals surface area contributed by atoms with E-state index in [0.29, 0.717) is 17.1 Å². The van der Waals surface area contributed by atoms with E-state index < -0.39 is 0 Å². The second-order valence-corrected chi connectivity index (χ2v) is 5.73. The normalized spacial score (nSPS) is 10.8.